The van der Waals surface area contributed by atoms with Crippen molar-refractivity contribution in [2.24, 2.45) is 0 Å². The number of nitrogens with zero attached hydrogens (tertiary/aromatic N) is 1. The molecule has 168 valence electrons. The van der Waals surface area contributed by atoms with Crippen LogP contribution in [0.4, 0.5) is 0 Å². The first-order chi connectivity index (χ1) is 14.4. The average molecular weight is 445 g/mol. The number of ether oxygens (including phenoxy) is 4. The van der Waals surface area contributed by atoms with E-state index in [0.717, 1.165) is 4.31 Å². The number of hydrogen-bond donors (Lipinski definition) is 1. The van der Waals surface area contributed by atoms with Crippen molar-refractivity contribution >= 4 is 21.9 Å². The zero-order valence-corrected chi connectivity index (χ0v) is 18.0. The van der Waals surface area contributed by atoms with Crippen LogP contribution in [-0.4, -0.2) is 83.4 Å². The minimum absolute atomic E-state index is 0.0203. The summed E-state index contributed by atoms with van der Waals surface area (Å²) >= 11 is 0. The molecular weight excluding hydrogens is 416 g/mol. The lowest BCUT2D eigenvalue weighted by atomic mass is 10.2. The lowest BCUT2D eigenvalue weighted by Gasteiger charge is -2.33. The number of morpholine rings is 1. The van der Waals surface area contributed by atoms with E-state index in [1.807, 2.05) is 6.92 Å². The fourth-order valence-electron chi connectivity index (χ4n) is 2.78. The first-order valence-corrected chi connectivity index (χ1v) is 11.2. The Bertz CT molecular complexity index is 797. The maximum Gasteiger partial charge on any atom is 0.325 e. The molecule has 11 heteroatoms. The third-order valence-corrected chi connectivity index (χ3v) is 6.15. The molecule has 1 saturated heterocycles. The van der Waals surface area contributed by atoms with Crippen LogP contribution in [0.5, 0.6) is 5.75 Å². The Morgan fingerprint density at radius 1 is 1.17 bits per heavy atom. The summed E-state index contributed by atoms with van der Waals surface area (Å²) in [5, 5.41) is 2.40. The fourth-order valence-corrected chi connectivity index (χ4v) is 4.34. The molecule has 0 bridgehead atoms. The second kappa shape index (κ2) is 11.8. The van der Waals surface area contributed by atoms with E-state index in [1.165, 1.54) is 12.1 Å². The molecule has 0 unspecified atom stereocenters. The van der Waals surface area contributed by atoms with Crippen LogP contribution in [0.1, 0.15) is 13.8 Å². The molecule has 1 aromatic carbocycles. The lowest BCUT2D eigenvalue weighted by Crippen LogP contribution is -2.56. The topological polar surface area (TPSA) is 120 Å². The van der Waals surface area contributed by atoms with E-state index < -0.39 is 27.9 Å². The van der Waals surface area contributed by atoms with E-state index in [2.05, 4.69) is 5.32 Å². The maximum atomic E-state index is 13.1. The van der Waals surface area contributed by atoms with Gasteiger partial charge in [-0.25, -0.2) is 8.42 Å². The van der Waals surface area contributed by atoms with Crippen molar-refractivity contribution in [3.8, 4) is 5.75 Å². The second-order valence-electron chi connectivity index (χ2n) is 6.25. The van der Waals surface area contributed by atoms with Gasteiger partial charge in [-0.15, -0.1) is 0 Å². The Kier molecular flexibility index (Phi) is 9.50. The van der Waals surface area contributed by atoms with Crippen LogP contribution >= 0.6 is 0 Å². The number of amides is 1. The van der Waals surface area contributed by atoms with Crippen molar-refractivity contribution < 1.29 is 37.0 Å². The van der Waals surface area contributed by atoms with Gasteiger partial charge in [0, 0.05) is 13.2 Å². The van der Waals surface area contributed by atoms with Crippen molar-refractivity contribution in [2.75, 3.05) is 52.7 Å². The molecule has 1 atom stereocenters. The zero-order chi connectivity index (χ0) is 22.0. The predicted octanol–water partition coefficient (Wildman–Crippen LogP) is 0.171. The van der Waals surface area contributed by atoms with Crippen LogP contribution in [0.2, 0.25) is 0 Å². The molecule has 0 spiro atoms. The molecule has 10 nitrogen and oxygen atoms in total. The Morgan fingerprint density at radius 2 is 1.90 bits per heavy atom. The summed E-state index contributed by atoms with van der Waals surface area (Å²) in [5.41, 5.74) is 0. The highest BCUT2D eigenvalue weighted by Crippen LogP contribution is 2.23. The highest BCUT2D eigenvalue weighted by atomic mass is 32.2. The van der Waals surface area contributed by atoms with E-state index in [4.69, 9.17) is 18.9 Å². The molecule has 1 fully saturated rings. The normalized spacial score (nSPS) is 17.3. The lowest BCUT2D eigenvalue weighted by molar-refractivity contribution is -0.144. The largest absolute Gasteiger partial charge is 0.491 e. The summed E-state index contributed by atoms with van der Waals surface area (Å²) < 4.78 is 48.0. The van der Waals surface area contributed by atoms with E-state index in [9.17, 15) is 18.0 Å². The number of carbonyl (C=O) groups is 2. The van der Waals surface area contributed by atoms with Gasteiger partial charge in [0.1, 0.15) is 24.9 Å². The molecule has 0 aromatic heterocycles. The molecule has 2 rings (SSSR count). The van der Waals surface area contributed by atoms with Crippen LogP contribution < -0.4 is 10.1 Å². The van der Waals surface area contributed by atoms with E-state index in [-0.39, 0.29) is 37.8 Å². The highest BCUT2D eigenvalue weighted by Gasteiger charge is 2.38. The van der Waals surface area contributed by atoms with E-state index in [1.54, 1.807) is 19.1 Å². The first kappa shape index (κ1) is 24.1. The average Bonchev–Trinajstić information content (AvgIpc) is 2.75. The van der Waals surface area contributed by atoms with Gasteiger partial charge in [0.2, 0.25) is 15.9 Å². The number of carbonyl (C=O) groups excluding carboxylic acids is 2. The third-order valence-electron chi connectivity index (χ3n) is 4.23. The Hall–Kier alpha value is -2.21. The highest BCUT2D eigenvalue weighted by molar-refractivity contribution is 7.89. The molecule has 1 aromatic rings. The summed E-state index contributed by atoms with van der Waals surface area (Å²) in [6.45, 7) is 4.85. The van der Waals surface area contributed by atoms with Crippen molar-refractivity contribution in [3.63, 3.8) is 0 Å². The molecule has 30 heavy (non-hydrogen) atoms. The van der Waals surface area contributed by atoms with Crippen LogP contribution in [0.15, 0.2) is 29.2 Å². The van der Waals surface area contributed by atoms with Crippen molar-refractivity contribution in [3.05, 3.63) is 24.3 Å². The number of benzene rings is 1. The van der Waals surface area contributed by atoms with Crippen LogP contribution in [-0.2, 0) is 33.8 Å². The van der Waals surface area contributed by atoms with E-state index >= 15 is 0 Å². The van der Waals surface area contributed by atoms with Gasteiger partial charge in [-0.05, 0) is 38.1 Å². The van der Waals surface area contributed by atoms with Gasteiger partial charge in [-0.2, -0.15) is 4.31 Å². The number of sulfonamides is 1. The molecule has 1 amide bonds. The Morgan fingerprint density at radius 3 is 2.57 bits per heavy atom. The smallest absolute Gasteiger partial charge is 0.325 e. The zero-order valence-electron chi connectivity index (χ0n) is 17.2. The molecule has 1 heterocycles. The number of hydrogen-bond acceptors (Lipinski definition) is 8. The summed E-state index contributed by atoms with van der Waals surface area (Å²) in [6.07, 6.45) is 0. The summed E-state index contributed by atoms with van der Waals surface area (Å²) in [5.74, 6) is -0.710. The van der Waals surface area contributed by atoms with Crippen LogP contribution in [0.25, 0.3) is 0 Å². The molecular formula is C19H28N2O8S. The van der Waals surface area contributed by atoms with Gasteiger partial charge in [-0.1, -0.05) is 0 Å². The molecule has 1 aliphatic rings. The standard InChI is InChI=1S/C19H28N2O8S/c1-3-26-11-12-29-15-5-7-16(8-6-15)30(24,25)21-9-10-27-14-17(21)19(23)20-13-18(22)28-4-2/h5-8,17H,3-4,9-14H2,1-2H3,(H,20,23)/t17-/m1/s1. The summed E-state index contributed by atoms with van der Waals surface area (Å²) in [4.78, 5) is 24.0. The van der Waals surface area contributed by atoms with Gasteiger partial charge in [0.05, 0.1) is 31.3 Å². The quantitative estimate of drug-likeness (QED) is 0.379. The van der Waals surface area contributed by atoms with Crippen LogP contribution in [0.3, 0.4) is 0 Å². The molecule has 0 aliphatic carbocycles. The number of nitrogens with one attached hydrogen (secondary N) is 1. The van der Waals surface area contributed by atoms with Gasteiger partial charge in [-0.3, -0.25) is 9.59 Å². The number of rotatable bonds is 11. The monoisotopic (exact) mass is 444 g/mol. The SMILES string of the molecule is CCOCCOc1ccc(S(=O)(=O)N2CCOC[C@@H]2C(=O)NCC(=O)OCC)cc1. The van der Waals surface area contributed by atoms with Gasteiger partial charge in [0.15, 0.2) is 0 Å². The maximum absolute atomic E-state index is 13.1. The Balaban J connectivity index is 2.06. The third kappa shape index (κ3) is 6.66. The number of esters is 1. The first-order valence-electron chi connectivity index (χ1n) is 9.73. The minimum Gasteiger partial charge on any atom is -0.491 e. The van der Waals surface area contributed by atoms with Gasteiger partial charge in [0.25, 0.3) is 0 Å². The van der Waals surface area contributed by atoms with Crippen LogP contribution in [0, 0.1) is 0 Å². The second-order valence-corrected chi connectivity index (χ2v) is 8.14. The Labute approximate surface area is 176 Å². The molecule has 0 saturated carbocycles. The van der Waals surface area contributed by atoms with Crippen molar-refractivity contribution in [1.29, 1.82) is 0 Å². The minimum atomic E-state index is -3.95. The van der Waals surface area contributed by atoms with Gasteiger partial charge >= 0.3 is 5.97 Å². The summed E-state index contributed by atoms with van der Waals surface area (Å²) in [6, 6.07) is 4.87. The molecule has 1 N–H and O–H groups in total. The summed E-state index contributed by atoms with van der Waals surface area (Å²) in [7, 11) is -3.95. The molecule has 1 aliphatic heterocycles. The van der Waals surface area contributed by atoms with E-state index in [0.29, 0.717) is 25.6 Å². The molecule has 0 radical (unpaired) electrons. The van der Waals surface area contributed by atoms with Gasteiger partial charge < -0.3 is 24.3 Å². The fraction of sp³-hybridized carbons (Fsp3) is 0.579. The van der Waals surface area contributed by atoms with Crippen molar-refractivity contribution in [1.82, 2.24) is 9.62 Å². The van der Waals surface area contributed by atoms with Crippen molar-refractivity contribution in [2.45, 2.75) is 24.8 Å². The predicted molar refractivity (Wildman–Crippen MR) is 107 cm³/mol.